The van der Waals surface area contributed by atoms with E-state index in [1.165, 1.54) is 23.2 Å². The number of H-pyrrole nitrogens is 1. The molecule has 5 rings (SSSR count). The van der Waals surface area contributed by atoms with Crippen LogP contribution in [0.1, 0.15) is 37.8 Å². The zero-order valence-electron chi connectivity index (χ0n) is 18.3. The Bertz CT molecular complexity index is 1400. The number of para-hydroxylation sites is 1. The van der Waals surface area contributed by atoms with Crippen molar-refractivity contribution in [2.45, 2.75) is 39.2 Å². The molecule has 0 aliphatic carbocycles. The van der Waals surface area contributed by atoms with E-state index >= 15 is 0 Å². The van der Waals surface area contributed by atoms with Crippen molar-refractivity contribution in [1.82, 2.24) is 24.6 Å². The van der Waals surface area contributed by atoms with E-state index in [1.807, 2.05) is 22.8 Å². The molecule has 6 nitrogen and oxygen atoms in total. The van der Waals surface area contributed by atoms with Crippen molar-refractivity contribution in [3.05, 3.63) is 78.1 Å². The SMILES string of the molecule is CC(Cc1c[nH]c2ccccc12)Nc1cc(-c2cncc(F)c2)nc2c(C(C)C)cnn12. The van der Waals surface area contributed by atoms with Gasteiger partial charge in [-0.25, -0.2) is 9.37 Å². The maximum atomic E-state index is 13.8. The maximum Gasteiger partial charge on any atom is 0.161 e. The molecule has 5 aromatic rings. The van der Waals surface area contributed by atoms with Crippen LogP contribution in [0.5, 0.6) is 0 Å². The number of anilines is 1. The molecule has 7 heteroatoms. The first-order valence-electron chi connectivity index (χ1n) is 10.8. The smallest absolute Gasteiger partial charge is 0.161 e. The zero-order valence-corrected chi connectivity index (χ0v) is 18.3. The van der Waals surface area contributed by atoms with Gasteiger partial charge >= 0.3 is 0 Å². The molecule has 0 aliphatic rings. The topological polar surface area (TPSA) is 70.9 Å². The van der Waals surface area contributed by atoms with Crippen molar-refractivity contribution >= 4 is 22.4 Å². The fraction of sp³-hybridized carbons (Fsp3) is 0.240. The van der Waals surface area contributed by atoms with E-state index in [0.717, 1.165) is 29.0 Å². The van der Waals surface area contributed by atoms with Crippen molar-refractivity contribution in [1.29, 1.82) is 0 Å². The van der Waals surface area contributed by atoms with Crippen molar-refractivity contribution < 1.29 is 4.39 Å². The summed E-state index contributed by atoms with van der Waals surface area (Å²) in [5.41, 5.74) is 5.50. The molecular weight excluding hydrogens is 403 g/mol. The highest BCUT2D eigenvalue weighted by molar-refractivity contribution is 5.83. The van der Waals surface area contributed by atoms with Gasteiger partial charge in [0.1, 0.15) is 11.6 Å². The van der Waals surface area contributed by atoms with Crippen LogP contribution in [0, 0.1) is 5.82 Å². The van der Waals surface area contributed by atoms with Gasteiger partial charge in [-0.05, 0) is 37.0 Å². The summed E-state index contributed by atoms with van der Waals surface area (Å²) in [6.07, 6.45) is 7.59. The lowest BCUT2D eigenvalue weighted by atomic mass is 10.1. The number of nitrogens with zero attached hydrogens (tertiary/aromatic N) is 4. The lowest BCUT2D eigenvalue weighted by Gasteiger charge is -2.17. The van der Waals surface area contributed by atoms with Crippen molar-refractivity contribution in [2.24, 2.45) is 0 Å². The van der Waals surface area contributed by atoms with Crippen LogP contribution < -0.4 is 5.32 Å². The largest absolute Gasteiger partial charge is 0.367 e. The first-order valence-corrected chi connectivity index (χ1v) is 10.8. The Hall–Kier alpha value is -3.74. The summed E-state index contributed by atoms with van der Waals surface area (Å²) >= 11 is 0. The Morgan fingerprint density at radius 1 is 1.09 bits per heavy atom. The van der Waals surface area contributed by atoms with Crippen LogP contribution in [0.25, 0.3) is 27.8 Å². The molecule has 0 radical (unpaired) electrons. The van der Waals surface area contributed by atoms with Gasteiger partial charge in [-0.15, -0.1) is 0 Å². The summed E-state index contributed by atoms with van der Waals surface area (Å²) < 4.78 is 15.7. The molecule has 1 atom stereocenters. The number of halogens is 1. The van der Waals surface area contributed by atoms with Crippen LogP contribution in [0.15, 0.2) is 61.2 Å². The number of fused-ring (bicyclic) bond motifs is 2. The first-order chi connectivity index (χ1) is 15.5. The molecule has 0 aliphatic heterocycles. The molecule has 162 valence electrons. The molecule has 4 aromatic heterocycles. The number of aromatic nitrogens is 5. The van der Waals surface area contributed by atoms with E-state index in [-0.39, 0.29) is 17.8 Å². The van der Waals surface area contributed by atoms with Crippen molar-refractivity contribution in [3.8, 4) is 11.3 Å². The third-order valence-electron chi connectivity index (χ3n) is 5.72. The first kappa shape index (κ1) is 20.2. The molecule has 0 fully saturated rings. The summed E-state index contributed by atoms with van der Waals surface area (Å²) in [7, 11) is 0. The van der Waals surface area contributed by atoms with Gasteiger partial charge in [0, 0.05) is 46.5 Å². The Kier molecular flexibility index (Phi) is 5.09. The number of pyridine rings is 1. The number of hydrogen-bond acceptors (Lipinski definition) is 4. The number of rotatable bonds is 6. The van der Waals surface area contributed by atoms with Crippen molar-refractivity contribution in [3.63, 3.8) is 0 Å². The third-order valence-corrected chi connectivity index (χ3v) is 5.72. The molecule has 32 heavy (non-hydrogen) atoms. The van der Waals surface area contributed by atoms with Crippen LogP contribution in [0.3, 0.4) is 0 Å². The second kappa shape index (κ2) is 8.07. The summed E-state index contributed by atoms with van der Waals surface area (Å²) in [4.78, 5) is 12.1. The van der Waals surface area contributed by atoms with Crippen molar-refractivity contribution in [2.75, 3.05) is 5.32 Å². The highest BCUT2D eigenvalue weighted by Crippen LogP contribution is 2.28. The molecule has 1 aromatic carbocycles. The minimum absolute atomic E-state index is 0.130. The lowest BCUT2D eigenvalue weighted by molar-refractivity contribution is 0.622. The van der Waals surface area contributed by atoms with E-state index in [9.17, 15) is 4.39 Å². The number of aromatic amines is 1. The summed E-state index contributed by atoms with van der Waals surface area (Å²) in [5.74, 6) is 0.690. The molecule has 0 saturated heterocycles. The molecule has 0 saturated carbocycles. The van der Waals surface area contributed by atoms with Gasteiger partial charge in [-0.1, -0.05) is 32.0 Å². The third kappa shape index (κ3) is 3.70. The normalized spacial score (nSPS) is 12.7. The van der Waals surface area contributed by atoms with E-state index < -0.39 is 0 Å². The number of hydrogen-bond donors (Lipinski definition) is 2. The van der Waals surface area contributed by atoms with Gasteiger partial charge in [0.25, 0.3) is 0 Å². The minimum Gasteiger partial charge on any atom is -0.367 e. The van der Waals surface area contributed by atoms with Gasteiger partial charge in [-0.2, -0.15) is 9.61 Å². The highest BCUT2D eigenvalue weighted by Gasteiger charge is 2.17. The molecule has 0 amide bonds. The predicted molar refractivity (Wildman–Crippen MR) is 125 cm³/mol. The second-order valence-electron chi connectivity index (χ2n) is 8.52. The van der Waals surface area contributed by atoms with E-state index in [4.69, 9.17) is 4.98 Å². The molecule has 0 spiro atoms. The quantitative estimate of drug-likeness (QED) is 0.370. The standard InChI is InChI=1S/C25H25FN6/c1-15(2)21-14-29-32-24(10-23(31-25(21)32)18-9-19(26)13-27-11-18)30-16(3)8-17-12-28-22-7-5-4-6-20(17)22/h4-7,9-16,28,30H,8H2,1-3H3. The second-order valence-corrected chi connectivity index (χ2v) is 8.52. The van der Waals surface area contributed by atoms with Gasteiger partial charge < -0.3 is 10.3 Å². The van der Waals surface area contributed by atoms with E-state index in [1.54, 1.807) is 6.20 Å². The van der Waals surface area contributed by atoms with Gasteiger partial charge in [-0.3, -0.25) is 4.98 Å². The van der Waals surface area contributed by atoms with Gasteiger partial charge in [0.05, 0.1) is 18.1 Å². The molecule has 1 unspecified atom stereocenters. The Morgan fingerprint density at radius 3 is 2.75 bits per heavy atom. The average molecular weight is 429 g/mol. The molecule has 2 N–H and O–H groups in total. The zero-order chi connectivity index (χ0) is 22.2. The average Bonchev–Trinajstić information content (AvgIpc) is 3.38. The Labute approximate surface area is 185 Å². The van der Waals surface area contributed by atoms with Gasteiger partial charge in [0.2, 0.25) is 0 Å². The Morgan fingerprint density at radius 2 is 1.94 bits per heavy atom. The number of nitrogens with one attached hydrogen (secondary N) is 2. The fourth-order valence-electron chi connectivity index (χ4n) is 4.12. The van der Waals surface area contributed by atoms with E-state index in [2.05, 4.69) is 65.6 Å². The Balaban J connectivity index is 1.53. The van der Waals surface area contributed by atoms with Crippen LogP contribution in [-0.4, -0.2) is 30.6 Å². The summed E-state index contributed by atoms with van der Waals surface area (Å²) in [5, 5.41) is 9.42. The maximum absolute atomic E-state index is 13.8. The lowest BCUT2D eigenvalue weighted by Crippen LogP contribution is -2.20. The van der Waals surface area contributed by atoms with Crippen LogP contribution >= 0.6 is 0 Å². The minimum atomic E-state index is -0.385. The summed E-state index contributed by atoms with van der Waals surface area (Å²) in [6.45, 7) is 6.37. The highest BCUT2D eigenvalue weighted by atomic mass is 19.1. The fourth-order valence-corrected chi connectivity index (χ4v) is 4.12. The van der Waals surface area contributed by atoms with Crippen LogP contribution in [0.4, 0.5) is 10.2 Å². The van der Waals surface area contributed by atoms with Crippen LogP contribution in [-0.2, 0) is 6.42 Å². The molecule has 0 bridgehead atoms. The molecule has 4 heterocycles. The van der Waals surface area contributed by atoms with Crippen LogP contribution in [0.2, 0.25) is 0 Å². The van der Waals surface area contributed by atoms with Gasteiger partial charge in [0.15, 0.2) is 5.65 Å². The van der Waals surface area contributed by atoms with E-state index in [0.29, 0.717) is 11.3 Å². The molecular formula is C25H25FN6. The predicted octanol–water partition coefficient (Wildman–Crippen LogP) is 5.58. The summed E-state index contributed by atoms with van der Waals surface area (Å²) in [6, 6.07) is 11.8. The monoisotopic (exact) mass is 428 g/mol. The number of benzene rings is 1.